The van der Waals surface area contributed by atoms with E-state index in [9.17, 15) is 53.1 Å². The van der Waals surface area contributed by atoms with Crippen LogP contribution in [0, 0.1) is 0 Å². The van der Waals surface area contributed by atoms with Crippen LogP contribution in [-0.4, -0.2) is 50.2 Å². The van der Waals surface area contributed by atoms with Gasteiger partial charge in [-0.05, 0) is 18.2 Å². The largest absolute Gasteiger partial charge is 0.497 e. The van der Waals surface area contributed by atoms with Crippen LogP contribution in [0.25, 0.3) is 6.08 Å². The quantitative estimate of drug-likeness (QED) is 0.220. The van der Waals surface area contributed by atoms with Crippen molar-refractivity contribution in [3.8, 4) is 11.5 Å². The van der Waals surface area contributed by atoms with Crippen molar-refractivity contribution in [2.24, 2.45) is 0 Å². The van der Waals surface area contributed by atoms with Gasteiger partial charge in [0.05, 0.1) is 14.2 Å². The number of hydrogen-bond acceptors (Lipinski definition) is 4. The predicted molar refractivity (Wildman–Crippen MR) is 89.7 cm³/mol. The number of ether oxygens (including phenoxy) is 3. The first-order chi connectivity index (χ1) is 14.8. The first-order valence-corrected chi connectivity index (χ1v) is 8.52. The van der Waals surface area contributed by atoms with E-state index in [0.29, 0.717) is 6.08 Å². The molecule has 0 spiro atoms. The van der Waals surface area contributed by atoms with Gasteiger partial charge >= 0.3 is 36.0 Å². The van der Waals surface area contributed by atoms with Crippen LogP contribution in [0.3, 0.4) is 0 Å². The van der Waals surface area contributed by atoms with Crippen molar-refractivity contribution < 1.29 is 67.3 Å². The Morgan fingerprint density at radius 3 is 1.91 bits per heavy atom. The maximum Gasteiger partial charge on any atom is 0.473 e. The Labute approximate surface area is 178 Å². The number of alkyl halides is 11. The van der Waals surface area contributed by atoms with Crippen molar-refractivity contribution in [3.05, 3.63) is 29.8 Å². The molecule has 0 aromatic heterocycles. The fraction of sp³-hybridized carbons (Fsp3) is 0.500. The number of halogens is 11. The molecule has 0 N–H and O–H groups in total. The Balaban J connectivity index is 3.08. The highest BCUT2D eigenvalue weighted by Crippen LogP contribution is 2.54. The molecule has 0 aliphatic carbocycles. The highest BCUT2D eigenvalue weighted by atomic mass is 19.4. The van der Waals surface area contributed by atoms with Crippen LogP contribution < -0.4 is 9.47 Å². The van der Waals surface area contributed by atoms with E-state index in [1.54, 1.807) is 0 Å². The van der Waals surface area contributed by atoms with Crippen LogP contribution in [0.4, 0.5) is 48.3 Å². The highest BCUT2D eigenvalue weighted by Gasteiger charge is 2.82. The number of carbonyl (C=O) groups excluding carboxylic acids is 1. The smallest absolute Gasteiger partial charge is 0.473 e. The lowest BCUT2D eigenvalue weighted by atomic mass is 9.99. The summed E-state index contributed by atoms with van der Waals surface area (Å²) in [7, 11) is 2.44. The van der Waals surface area contributed by atoms with Crippen LogP contribution in [0.15, 0.2) is 24.3 Å². The SMILES string of the molecule is COc1ccc(C=CC(=O)OC(F)(F)C(F)(F)C(F)(F)C(F)(F)CCC(F)(F)F)c(OC)c1. The molecule has 0 aliphatic heterocycles. The molecule has 0 heterocycles. The van der Waals surface area contributed by atoms with Gasteiger partial charge in [0.1, 0.15) is 11.5 Å². The zero-order chi connectivity index (χ0) is 25.9. The molecule has 0 radical (unpaired) electrons. The first-order valence-electron chi connectivity index (χ1n) is 8.52. The number of rotatable bonds is 10. The molecule has 1 aromatic carbocycles. The molecule has 0 bridgehead atoms. The lowest BCUT2D eigenvalue weighted by Gasteiger charge is -2.35. The van der Waals surface area contributed by atoms with Crippen molar-refractivity contribution in [3.63, 3.8) is 0 Å². The molecule has 0 unspecified atom stereocenters. The summed E-state index contributed by atoms with van der Waals surface area (Å²) in [6, 6.07) is 3.78. The molecule has 15 heteroatoms. The van der Waals surface area contributed by atoms with Crippen LogP contribution >= 0.6 is 0 Å². The molecule has 1 aromatic rings. The number of carbonyl (C=O) groups is 1. The molecule has 33 heavy (non-hydrogen) atoms. The average molecular weight is 504 g/mol. The van der Waals surface area contributed by atoms with Gasteiger partial charge in [-0.25, -0.2) is 4.79 Å². The Hall–Kier alpha value is -2.74. The summed E-state index contributed by atoms with van der Waals surface area (Å²) < 4.78 is 157. The molecule has 0 saturated heterocycles. The summed E-state index contributed by atoms with van der Waals surface area (Å²) >= 11 is 0. The maximum absolute atomic E-state index is 13.6. The summed E-state index contributed by atoms with van der Waals surface area (Å²) in [6.45, 7) is 0. The Morgan fingerprint density at radius 2 is 1.42 bits per heavy atom. The average Bonchev–Trinajstić information content (AvgIpc) is 2.69. The van der Waals surface area contributed by atoms with E-state index in [4.69, 9.17) is 9.47 Å². The minimum absolute atomic E-state index is 0.00803. The monoisotopic (exact) mass is 504 g/mol. The van der Waals surface area contributed by atoms with Crippen LogP contribution in [0.5, 0.6) is 11.5 Å². The summed E-state index contributed by atoms with van der Waals surface area (Å²) in [5.74, 6) is -22.4. The van der Waals surface area contributed by atoms with Gasteiger partial charge in [-0.2, -0.15) is 48.3 Å². The minimum atomic E-state index is -7.07. The van der Waals surface area contributed by atoms with Crippen LogP contribution in [0.1, 0.15) is 18.4 Å². The molecular formula is C18H15F11O4. The normalized spacial score (nSPS) is 13.8. The number of hydrogen-bond donors (Lipinski definition) is 0. The molecule has 0 saturated carbocycles. The van der Waals surface area contributed by atoms with Gasteiger partial charge in [0, 0.05) is 30.5 Å². The van der Waals surface area contributed by atoms with E-state index < -0.39 is 48.9 Å². The highest BCUT2D eigenvalue weighted by molar-refractivity contribution is 5.87. The van der Waals surface area contributed by atoms with Crippen molar-refractivity contribution in [1.29, 1.82) is 0 Å². The van der Waals surface area contributed by atoms with E-state index in [0.717, 1.165) is 7.11 Å². The van der Waals surface area contributed by atoms with E-state index in [2.05, 4.69) is 4.74 Å². The van der Waals surface area contributed by atoms with Gasteiger partial charge in [0.2, 0.25) is 0 Å². The van der Waals surface area contributed by atoms with E-state index in [1.165, 1.54) is 25.3 Å². The standard InChI is InChI=1S/C18H15F11O4/c1-31-11-5-3-10(12(9-11)32-2)4-6-13(30)33-18(28,29)17(26,27)16(24,25)14(19,20)7-8-15(21,22)23/h3-6,9H,7-8H2,1-2H3. The fourth-order valence-electron chi connectivity index (χ4n) is 2.21. The topological polar surface area (TPSA) is 44.8 Å². The lowest BCUT2D eigenvalue weighted by Crippen LogP contribution is -2.63. The second-order valence-corrected chi connectivity index (χ2v) is 6.35. The van der Waals surface area contributed by atoms with Gasteiger partial charge < -0.3 is 14.2 Å². The fourth-order valence-corrected chi connectivity index (χ4v) is 2.21. The molecule has 0 amide bonds. The van der Waals surface area contributed by atoms with Crippen molar-refractivity contribution >= 4 is 12.0 Å². The third-order valence-corrected chi connectivity index (χ3v) is 4.01. The van der Waals surface area contributed by atoms with Gasteiger partial charge in [-0.3, -0.25) is 0 Å². The van der Waals surface area contributed by atoms with Gasteiger partial charge in [0.25, 0.3) is 0 Å². The van der Waals surface area contributed by atoms with Crippen LogP contribution in [0.2, 0.25) is 0 Å². The Bertz CT molecular complexity index is 863. The third kappa shape index (κ3) is 6.41. The molecule has 0 atom stereocenters. The lowest BCUT2D eigenvalue weighted by molar-refractivity contribution is -0.417. The van der Waals surface area contributed by atoms with E-state index in [1.807, 2.05) is 0 Å². The second kappa shape index (κ2) is 9.63. The summed E-state index contributed by atoms with van der Waals surface area (Å²) in [4.78, 5) is 11.5. The number of benzene rings is 1. The summed E-state index contributed by atoms with van der Waals surface area (Å²) in [5.41, 5.74) is -0.0191. The summed E-state index contributed by atoms with van der Waals surface area (Å²) in [6.07, 6.45) is -16.8. The minimum Gasteiger partial charge on any atom is -0.497 e. The second-order valence-electron chi connectivity index (χ2n) is 6.35. The van der Waals surface area contributed by atoms with Crippen molar-refractivity contribution in [2.45, 2.75) is 42.9 Å². The van der Waals surface area contributed by atoms with Crippen LogP contribution in [-0.2, 0) is 9.53 Å². The molecule has 0 fully saturated rings. The van der Waals surface area contributed by atoms with E-state index in [-0.39, 0.29) is 23.1 Å². The van der Waals surface area contributed by atoms with Crippen molar-refractivity contribution in [2.75, 3.05) is 14.2 Å². The molecule has 4 nitrogen and oxygen atoms in total. The number of methoxy groups -OCH3 is 2. The zero-order valence-corrected chi connectivity index (χ0v) is 16.6. The summed E-state index contributed by atoms with van der Waals surface area (Å²) in [5, 5.41) is 0. The van der Waals surface area contributed by atoms with E-state index >= 15 is 0 Å². The predicted octanol–water partition coefficient (Wildman–Crippen LogP) is 6.10. The molecular weight excluding hydrogens is 489 g/mol. The molecule has 188 valence electrons. The van der Waals surface area contributed by atoms with Gasteiger partial charge in [-0.15, -0.1) is 0 Å². The third-order valence-electron chi connectivity index (χ3n) is 4.01. The molecule has 0 aliphatic rings. The first kappa shape index (κ1) is 28.3. The van der Waals surface area contributed by atoms with Crippen molar-refractivity contribution in [1.82, 2.24) is 0 Å². The zero-order valence-electron chi connectivity index (χ0n) is 16.6. The Morgan fingerprint density at radius 1 is 0.848 bits per heavy atom. The molecule has 1 rings (SSSR count). The Kier molecular flexibility index (Phi) is 8.26. The van der Waals surface area contributed by atoms with Gasteiger partial charge in [-0.1, -0.05) is 0 Å². The van der Waals surface area contributed by atoms with Gasteiger partial charge in [0.15, 0.2) is 0 Å². The number of esters is 1. The maximum atomic E-state index is 13.6.